The van der Waals surface area contributed by atoms with Crippen LogP contribution in [0.5, 0.6) is 0 Å². The van der Waals surface area contributed by atoms with Crippen molar-refractivity contribution in [2.45, 2.75) is 13.5 Å². The van der Waals surface area contributed by atoms with Crippen LogP contribution in [-0.4, -0.2) is 23.3 Å². The van der Waals surface area contributed by atoms with Crippen LogP contribution in [0.25, 0.3) is 0 Å². The number of anilines is 1. The quantitative estimate of drug-likeness (QED) is 0.900. The van der Waals surface area contributed by atoms with Crippen LogP contribution in [0, 0.1) is 0 Å². The Morgan fingerprint density at radius 3 is 2.65 bits per heavy atom. The van der Waals surface area contributed by atoms with E-state index >= 15 is 0 Å². The lowest BCUT2D eigenvalue weighted by molar-refractivity contribution is -0.123. The van der Waals surface area contributed by atoms with Gasteiger partial charge in [-0.1, -0.05) is 35.3 Å². The Morgan fingerprint density at radius 2 is 2.00 bits per heavy atom. The van der Waals surface area contributed by atoms with Crippen LogP contribution in [0.15, 0.2) is 42.7 Å². The molecule has 5 nitrogen and oxygen atoms in total. The molecular weight excluding hydrogens is 337 g/mol. The Bertz CT molecular complexity index is 708. The summed E-state index contributed by atoms with van der Waals surface area (Å²) >= 11 is 12.1. The number of carbonyl (C=O) groups excluding carboxylic acids is 2. The van der Waals surface area contributed by atoms with Crippen LogP contribution in [0.1, 0.15) is 12.5 Å². The Morgan fingerprint density at radius 1 is 1.22 bits per heavy atom. The van der Waals surface area contributed by atoms with Gasteiger partial charge < -0.3 is 10.2 Å². The third-order valence-corrected chi connectivity index (χ3v) is 3.93. The van der Waals surface area contributed by atoms with Gasteiger partial charge in [0, 0.05) is 25.9 Å². The van der Waals surface area contributed by atoms with Crippen LogP contribution in [0.3, 0.4) is 0 Å². The van der Waals surface area contributed by atoms with Crippen molar-refractivity contribution in [2.75, 3.05) is 11.4 Å². The van der Waals surface area contributed by atoms with E-state index in [-0.39, 0.29) is 23.4 Å². The number of pyridine rings is 1. The molecule has 23 heavy (non-hydrogen) atoms. The minimum atomic E-state index is -0.305. The van der Waals surface area contributed by atoms with E-state index in [0.717, 1.165) is 5.56 Å². The van der Waals surface area contributed by atoms with Gasteiger partial charge in [-0.05, 0) is 23.8 Å². The number of benzene rings is 1. The number of nitrogens with zero attached hydrogens (tertiary/aromatic N) is 2. The third kappa shape index (κ3) is 4.68. The predicted molar refractivity (Wildman–Crippen MR) is 90.6 cm³/mol. The van der Waals surface area contributed by atoms with Crippen molar-refractivity contribution in [1.29, 1.82) is 0 Å². The molecule has 1 aromatic carbocycles. The van der Waals surface area contributed by atoms with Crippen LogP contribution in [0.2, 0.25) is 10.0 Å². The molecule has 0 bridgehead atoms. The van der Waals surface area contributed by atoms with E-state index in [4.69, 9.17) is 23.2 Å². The highest BCUT2D eigenvalue weighted by Gasteiger charge is 2.19. The van der Waals surface area contributed by atoms with Gasteiger partial charge in [0.1, 0.15) is 6.54 Å². The lowest BCUT2D eigenvalue weighted by Crippen LogP contribution is -2.39. The van der Waals surface area contributed by atoms with Crippen molar-refractivity contribution in [1.82, 2.24) is 10.3 Å². The summed E-state index contributed by atoms with van der Waals surface area (Å²) in [5.41, 5.74) is 1.28. The first-order chi connectivity index (χ1) is 11.0. The number of nitrogens with one attached hydrogen (secondary N) is 1. The zero-order valence-corrected chi connectivity index (χ0v) is 13.9. The van der Waals surface area contributed by atoms with Crippen molar-refractivity contribution in [3.63, 3.8) is 0 Å². The van der Waals surface area contributed by atoms with Gasteiger partial charge in [-0.15, -0.1) is 0 Å². The summed E-state index contributed by atoms with van der Waals surface area (Å²) in [5.74, 6) is -0.606. The highest BCUT2D eigenvalue weighted by molar-refractivity contribution is 6.44. The molecule has 2 aromatic rings. The Kier molecular flexibility index (Phi) is 5.96. The van der Waals surface area contributed by atoms with Crippen molar-refractivity contribution in [3.05, 3.63) is 58.3 Å². The molecule has 2 rings (SSSR count). The molecule has 0 aliphatic rings. The minimum absolute atomic E-state index is 0.143. The second-order valence-electron chi connectivity index (χ2n) is 4.82. The molecule has 0 spiro atoms. The molecular formula is C16H15Cl2N3O2. The second-order valence-corrected chi connectivity index (χ2v) is 5.60. The zero-order valence-electron chi connectivity index (χ0n) is 12.4. The number of carbonyl (C=O) groups is 2. The van der Waals surface area contributed by atoms with Gasteiger partial charge in [-0.3, -0.25) is 14.6 Å². The first-order valence-electron chi connectivity index (χ1n) is 6.86. The molecule has 0 aliphatic heterocycles. The molecule has 0 atom stereocenters. The number of aromatic nitrogens is 1. The van der Waals surface area contributed by atoms with Gasteiger partial charge in [-0.25, -0.2) is 0 Å². The van der Waals surface area contributed by atoms with Crippen LogP contribution >= 0.6 is 23.2 Å². The fourth-order valence-electron chi connectivity index (χ4n) is 1.97. The number of halogens is 2. The van der Waals surface area contributed by atoms with Gasteiger partial charge >= 0.3 is 0 Å². The van der Waals surface area contributed by atoms with Gasteiger partial charge in [-0.2, -0.15) is 0 Å². The summed E-state index contributed by atoms with van der Waals surface area (Å²) in [7, 11) is 0. The summed E-state index contributed by atoms with van der Waals surface area (Å²) in [6.45, 7) is 1.56. The molecule has 0 saturated heterocycles. The fraction of sp³-hybridized carbons (Fsp3) is 0.188. The summed E-state index contributed by atoms with van der Waals surface area (Å²) < 4.78 is 0. The summed E-state index contributed by atoms with van der Waals surface area (Å²) in [4.78, 5) is 29.2. The molecule has 0 saturated carbocycles. The van der Waals surface area contributed by atoms with E-state index in [1.54, 1.807) is 36.7 Å². The van der Waals surface area contributed by atoms with Gasteiger partial charge in [0.05, 0.1) is 15.7 Å². The third-order valence-electron chi connectivity index (χ3n) is 3.12. The van der Waals surface area contributed by atoms with Gasteiger partial charge in [0.25, 0.3) is 0 Å². The molecule has 0 unspecified atom stereocenters. The molecule has 0 radical (unpaired) electrons. The number of hydrogen-bond donors (Lipinski definition) is 1. The molecule has 120 valence electrons. The minimum Gasteiger partial charge on any atom is -0.350 e. The monoisotopic (exact) mass is 351 g/mol. The highest BCUT2D eigenvalue weighted by atomic mass is 35.5. The Balaban J connectivity index is 2.06. The average molecular weight is 352 g/mol. The SMILES string of the molecule is CC(=O)N(CC(=O)NCc1cccnc1)c1cccc(Cl)c1Cl. The number of rotatable bonds is 5. The smallest absolute Gasteiger partial charge is 0.240 e. The highest BCUT2D eigenvalue weighted by Crippen LogP contribution is 2.32. The van der Waals surface area contributed by atoms with Crippen molar-refractivity contribution < 1.29 is 9.59 Å². The maximum absolute atomic E-state index is 12.1. The normalized spacial score (nSPS) is 10.2. The van der Waals surface area contributed by atoms with Crippen LogP contribution in [-0.2, 0) is 16.1 Å². The van der Waals surface area contributed by atoms with E-state index in [9.17, 15) is 9.59 Å². The number of hydrogen-bond acceptors (Lipinski definition) is 3. The fourth-order valence-corrected chi connectivity index (χ4v) is 2.37. The van der Waals surface area contributed by atoms with Gasteiger partial charge in [0.15, 0.2) is 0 Å². The second kappa shape index (κ2) is 7.94. The van der Waals surface area contributed by atoms with E-state index in [0.29, 0.717) is 17.3 Å². The zero-order chi connectivity index (χ0) is 16.8. The largest absolute Gasteiger partial charge is 0.350 e. The van der Waals surface area contributed by atoms with E-state index in [1.165, 1.54) is 11.8 Å². The van der Waals surface area contributed by atoms with E-state index in [1.807, 2.05) is 6.07 Å². The first kappa shape index (κ1) is 17.2. The van der Waals surface area contributed by atoms with Crippen molar-refractivity contribution >= 4 is 40.7 Å². The predicted octanol–water partition coefficient (Wildman–Crippen LogP) is 3.06. The lowest BCUT2D eigenvalue weighted by Gasteiger charge is -2.22. The van der Waals surface area contributed by atoms with E-state index in [2.05, 4.69) is 10.3 Å². The molecule has 1 N–H and O–H groups in total. The van der Waals surface area contributed by atoms with Crippen LogP contribution in [0.4, 0.5) is 5.69 Å². The maximum Gasteiger partial charge on any atom is 0.240 e. The summed E-state index contributed by atoms with van der Waals surface area (Å²) in [6.07, 6.45) is 3.32. The molecule has 7 heteroatoms. The average Bonchev–Trinajstić information content (AvgIpc) is 2.54. The molecule has 0 fully saturated rings. The molecule has 0 aliphatic carbocycles. The summed E-state index contributed by atoms with van der Waals surface area (Å²) in [5, 5.41) is 3.30. The maximum atomic E-state index is 12.1. The lowest BCUT2D eigenvalue weighted by atomic mass is 10.2. The summed E-state index contributed by atoms with van der Waals surface area (Å²) in [6, 6.07) is 8.57. The number of amides is 2. The molecule has 2 amide bonds. The standard InChI is InChI=1S/C16H15Cl2N3O2/c1-11(22)21(14-6-2-5-13(17)16(14)18)10-15(23)20-9-12-4-3-7-19-8-12/h2-8H,9-10H2,1H3,(H,20,23). The van der Waals surface area contributed by atoms with E-state index < -0.39 is 0 Å². The van der Waals surface area contributed by atoms with Crippen molar-refractivity contribution in [2.24, 2.45) is 0 Å². The Labute approximate surface area is 144 Å². The van der Waals surface area contributed by atoms with Crippen LogP contribution < -0.4 is 10.2 Å². The topological polar surface area (TPSA) is 62.3 Å². The molecule has 1 heterocycles. The van der Waals surface area contributed by atoms with Crippen molar-refractivity contribution in [3.8, 4) is 0 Å². The van der Waals surface area contributed by atoms with Gasteiger partial charge in [0.2, 0.25) is 11.8 Å². The first-order valence-corrected chi connectivity index (χ1v) is 7.62. The molecule has 1 aromatic heterocycles. The Hall–Kier alpha value is -2.11.